The minimum absolute atomic E-state index is 0.00334. The van der Waals surface area contributed by atoms with Crippen molar-refractivity contribution in [1.82, 2.24) is 24.4 Å². The zero-order valence-electron chi connectivity index (χ0n) is 22.7. The second kappa shape index (κ2) is 10.4. The van der Waals surface area contributed by atoms with Gasteiger partial charge in [0.1, 0.15) is 17.3 Å². The molecule has 1 atom stereocenters. The van der Waals surface area contributed by atoms with Crippen LogP contribution in [0, 0.1) is 12.7 Å². The van der Waals surface area contributed by atoms with Gasteiger partial charge >= 0.3 is 5.69 Å². The summed E-state index contributed by atoms with van der Waals surface area (Å²) >= 11 is 0. The molecule has 41 heavy (non-hydrogen) atoms. The van der Waals surface area contributed by atoms with Gasteiger partial charge in [-0.1, -0.05) is 18.7 Å². The van der Waals surface area contributed by atoms with E-state index in [0.29, 0.717) is 25.2 Å². The maximum atomic E-state index is 15.8. The van der Waals surface area contributed by atoms with E-state index in [0.717, 1.165) is 10.8 Å². The highest BCUT2D eigenvalue weighted by atomic mass is 32.2. The van der Waals surface area contributed by atoms with E-state index in [-0.39, 0.29) is 56.3 Å². The van der Waals surface area contributed by atoms with Crippen molar-refractivity contribution in [2.24, 2.45) is 0 Å². The molecular weight excluding hydrogens is 549 g/mol. The smallest absolute Gasteiger partial charge is 0.355 e. The molecule has 0 unspecified atom stereocenters. The summed E-state index contributed by atoms with van der Waals surface area (Å²) in [5, 5.41) is 0.191. The van der Waals surface area contributed by atoms with Gasteiger partial charge in [0, 0.05) is 43.7 Å². The van der Waals surface area contributed by atoms with E-state index in [1.165, 1.54) is 36.7 Å². The maximum absolute atomic E-state index is 15.8. The van der Waals surface area contributed by atoms with Crippen molar-refractivity contribution in [2.45, 2.75) is 24.8 Å². The molecule has 4 heterocycles. The number of nitrogens with zero attached hydrogens (tertiary/aromatic N) is 6. The summed E-state index contributed by atoms with van der Waals surface area (Å²) in [5.41, 5.74) is 6.15. The van der Waals surface area contributed by atoms with Crippen LogP contribution in [0.5, 0.6) is 0 Å². The Kier molecular flexibility index (Phi) is 7.07. The summed E-state index contributed by atoms with van der Waals surface area (Å²) in [7, 11) is -3.80. The van der Waals surface area contributed by atoms with Crippen molar-refractivity contribution in [3.05, 3.63) is 77.2 Å². The van der Waals surface area contributed by atoms with E-state index in [1.54, 1.807) is 24.0 Å². The molecule has 11 nitrogen and oxygen atoms in total. The number of sulfone groups is 1. The molecule has 2 N–H and O–H groups in total. The van der Waals surface area contributed by atoms with Gasteiger partial charge in [-0.3, -0.25) is 9.78 Å². The van der Waals surface area contributed by atoms with Crippen molar-refractivity contribution >= 4 is 38.3 Å². The van der Waals surface area contributed by atoms with Gasteiger partial charge in [-0.15, -0.1) is 0 Å². The van der Waals surface area contributed by atoms with Gasteiger partial charge in [0.15, 0.2) is 15.5 Å². The first-order valence-electron chi connectivity index (χ1n) is 12.7. The first kappa shape index (κ1) is 27.9. The molecule has 212 valence electrons. The molecule has 5 rings (SSSR count). The molecule has 0 aliphatic carbocycles. The van der Waals surface area contributed by atoms with Crippen LogP contribution >= 0.6 is 0 Å². The molecule has 1 aliphatic heterocycles. The van der Waals surface area contributed by atoms with Gasteiger partial charge in [-0.2, -0.15) is 4.98 Å². The minimum Gasteiger partial charge on any atom is -0.397 e. The highest BCUT2D eigenvalue weighted by Crippen LogP contribution is 2.34. The summed E-state index contributed by atoms with van der Waals surface area (Å²) in [6.07, 6.45) is 5.09. The largest absolute Gasteiger partial charge is 0.397 e. The molecule has 0 saturated carbocycles. The Morgan fingerprint density at radius 3 is 2.63 bits per heavy atom. The molecule has 1 amide bonds. The van der Waals surface area contributed by atoms with Crippen LogP contribution in [0.1, 0.15) is 12.5 Å². The third kappa shape index (κ3) is 4.92. The average molecular weight is 578 g/mol. The second-order valence-corrected chi connectivity index (χ2v) is 11.9. The number of pyridine rings is 2. The number of fused-ring (bicyclic) bond motifs is 1. The fourth-order valence-electron chi connectivity index (χ4n) is 5.16. The Morgan fingerprint density at radius 2 is 1.98 bits per heavy atom. The van der Waals surface area contributed by atoms with E-state index in [2.05, 4.69) is 21.5 Å². The number of benzene rings is 1. The Balaban J connectivity index is 1.84. The first-order valence-corrected chi connectivity index (χ1v) is 14.6. The fraction of sp³-hybridized carbons (Fsp3) is 0.250. The van der Waals surface area contributed by atoms with Gasteiger partial charge in [-0.25, -0.2) is 27.2 Å². The molecule has 13 heteroatoms. The lowest BCUT2D eigenvalue weighted by Crippen LogP contribution is -2.54. The number of carbonyl (C=O) groups is 1. The Hall–Kier alpha value is -4.65. The molecule has 0 spiro atoms. The summed E-state index contributed by atoms with van der Waals surface area (Å²) in [5.74, 6) is -0.760. The highest BCUT2D eigenvalue weighted by Gasteiger charge is 2.31. The number of para-hydroxylation sites is 1. The summed E-state index contributed by atoms with van der Waals surface area (Å²) in [6.45, 7) is 8.04. The van der Waals surface area contributed by atoms with Gasteiger partial charge in [0.05, 0.1) is 27.9 Å². The zero-order chi connectivity index (χ0) is 29.6. The van der Waals surface area contributed by atoms with Crippen LogP contribution in [-0.4, -0.2) is 70.7 Å². The lowest BCUT2D eigenvalue weighted by Gasteiger charge is -2.40. The summed E-state index contributed by atoms with van der Waals surface area (Å²) in [6, 6.07) is 7.08. The quantitative estimate of drug-likeness (QED) is 0.354. The molecule has 1 aromatic carbocycles. The monoisotopic (exact) mass is 577 g/mol. The number of rotatable bonds is 5. The van der Waals surface area contributed by atoms with Crippen LogP contribution in [-0.2, 0) is 14.6 Å². The number of halogens is 1. The highest BCUT2D eigenvalue weighted by molar-refractivity contribution is 7.90. The number of aromatic nitrogens is 4. The predicted octanol–water partition coefficient (Wildman–Crippen LogP) is 2.50. The second-order valence-electron chi connectivity index (χ2n) is 9.93. The molecule has 0 bridgehead atoms. The number of hydrogen-bond donors (Lipinski definition) is 1. The minimum atomic E-state index is -3.80. The fourth-order valence-corrected chi connectivity index (χ4v) is 6.09. The Morgan fingerprint density at radius 1 is 1.22 bits per heavy atom. The van der Waals surface area contributed by atoms with E-state index in [4.69, 9.17) is 5.73 Å². The normalized spacial score (nSPS) is 15.8. The number of anilines is 2. The summed E-state index contributed by atoms with van der Waals surface area (Å²) in [4.78, 5) is 42.3. The van der Waals surface area contributed by atoms with Crippen LogP contribution in [0.15, 0.2) is 65.1 Å². The van der Waals surface area contributed by atoms with Crippen molar-refractivity contribution < 1.29 is 17.6 Å². The Labute approximate surface area is 235 Å². The van der Waals surface area contributed by atoms with Gasteiger partial charge in [0.2, 0.25) is 5.91 Å². The maximum Gasteiger partial charge on any atom is 0.355 e. The van der Waals surface area contributed by atoms with E-state index in [1.807, 2.05) is 11.8 Å². The number of aryl methyl sites for hydroxylation is 1. The van der Waals surface area contributed by atoms with Crippen LogP contribution in [0.3, 0.4) is 0 Å². The van der Waals surface area contributed by atoms with E-state index >= 15 is 4.39 Å². The van der Waals surface area contributed by atoms with Gasteiger partial charge < -0.3 is 15.5 Å². The molecule has 3 aromatic heterocycles. The lowest BCUT2D eigenvalue weighted by atomic mass is 10.1. The number of carbonyl (C=O) groups excluding carboxylic acids is 1. The molecule has 1 fully saturated rings. The van der Waals surface area contributed by atoms with Gasteiger partial charge in [-0.05, 0) is 43.7 Å². The molecule has 1 aliphatic rings. The molecular formula is C28H28FN7O4S. The summed E-state index contributed by atoms with van der Waals surface area (Å²) < 4.78 is 42.5. The number of nitrogen functional groups attached to an aromatic ring is 1. The number of hydrogen-bond acceptors (Lipinski definition) is 9. The van der Waals surface area contributed by atoms with E-state index < -0.39 is 21.3 Å². The van der Waals surface area contributed by atoms with Crippen LogP contribution in [0.4, 0.5) is 15.9 Å². The lowest BCUT2D eigenvalue weighted by molar-refractivity contribution is -0.126. The zero-order valence-corrected chi connectivity index (χ0v) is 23.5. The van der Waals surface area contributed by atoms with Crippen LogP contribution < -0.4 is 16.3 Å². The molecule has 4 aromatic rings. The number of nitrogens with two attached hydrogens (primary N) is 1. The average Bonchev–Trinajstić information content (AvgIpc) is 2.92. The Bertz CT molecular complexity index is 1890. The van der Waals surface area contributed by atoms with Crippen LogP contribution in [0.25, 0.3) is 28.0 Å². The van der Waals surface area contributed by atoms with Crippen molar-refractivity contribution in [2.75, 3.05) is 36.5 Å². The number of amides is 1. The molecule has 1 saturated heterocycles. The third-order valence-corrected chi connectivity index (χ3v) is 8.25. The van der Waals surface area contributed by atoms with Crippen molar-refractivity contribution in [3.63, 3.8) is 0 Å². The van der Waals surface area contributed by atoms with E-state index in [9.17, 15) is 18.0 Å². The standard InChI is InChI=1S/C28H28FN7O4S/c1-5-23(37)34-11-12-35(17(3)15-34)26-19-13-20(29)24(18-9-10-31-14-21(18)30)32-27(19)36(28(38)33-26)25-16(2)7-6-8-22(25)41(4,39)40/h5-10,13-14,17H,1,11-12,15,30H2,2-4H3/t17-/m0/s1. The third-order valence-electron chi connectivity index (χ3n) is 7.12. The first-order chi connectivity index (χ1) is 19.4. The van der Waals surface area contributed by atoms with Crippen molar-refractivity contribution in [3.8, 4) is 16.9 Å². The van der Waals surface area contributed by atoms with Crippen molar-refractivity contribution in [1.29, 1.82) is 0 Å². The predicted molar refractivity (Wildman–Crippen MR) is 154 cm³/mol. The topological polar surface area (TPSA) is 144 Å². The molecule has 0 radical (unpaired) electrons. The SMILES string of the molecule is C=CC(=O)N1CCN(c2nc(=O)n(-c3c(C)cccc3S(C)(=O)=O)c3nc(-c4ccncc4N)c(F)cc23)[C@@H](C)C1. The van der Waals surface area contributed by atoms with Crippen LogP contribution in [0.2, 0.25) is 0 Å². The number of piperazine rings is 1. The van der Waals surface area contributed by atoms with Gasteiger partial charge in [0.25, 0.3) is 0 Å².